The molecule has 0 radical (unpaired) electrons. The van der Waals surface area contributed by atoms with E-state index in [4.69, 9.17) is 4.74 Å². The van der Waals surface area contributed by atoms with E-state index >= 15 is 0 Å². The van der Waals surface area contributed by atoms with Gasteiger partial charge in [0.05, 0.1) is 6.61 Å². The van der Waals surface area contributed by atoms with Crippen LogP contribution in [-0.4, -0.2) is 47.8 Å². The fourth-order valence-electron chi connectivity index (χ4n) is 2.09. The van der Waals surface area contributed by atoms with Crippen LogP contribution in [0.1, 0.15) is 33.6 Å². The number of nitrogens with zero attached hydrogens (tertiary/aromatic N) is 1. The van der Waals surface area contributed by atoms with Crippen molar-refractivity contribution in [3.63, 3.8) is 0 Å². The molecule has 0 atom stereocenters. The molecule has 0 aromatic carbocycles. The topological polar surface area (TPSA) is 49.8 Å². The number of hydrogen-bond acceptors (Lipinski definition) is 4. The minimum atomic E-state index is -1.25. The van der Waals surface area contributed by atoms with Crippen molar-refractivity contribution in [2.45, 2.75) is 39.2 Å². The first-order valence-electron chi connectivity index (χ1n) is 6.10. The Hall–Kier alpha value is -0.610. The highest BCUT2D eigenvalue weighted by atomic mass is 16.5. The molecule has 1 rings (SSSR count). The number of ether oxygens (including phenoxy) is 1. The molecule has 0 aromatic heterocycles. The zero-order valence-electron chi connectivity index (χ0n) is 10.5. The van der Waals surface area contributed by atoms with Crippen molar-refractivity contribution in [3.8, 4) is 0 Å². The summed E-state index contributed by atoms with van der Waals surface area (Å²) >= 11 is 0. The van der Waals surface area contributed by atoms with Crippen molar-refractivity contribution in [2.75, 3.05) is 26.2 Å². The number of piperidine rings is 1. The normalized spacial score (nSPS) is 21.1. The third-order valence-electron chi connectivity index (χ3n) is 2.96. The molecule has 1 heterocycles. The monoisotopic (exact) mass is 229 g/mol. The van der Waals surface area contributed by atoms with Gasteiger partial charge < -0.3 is 14.7 Å². The molecule has 4 heteroatoms. The number of hydrogen-bond donors (Lipinski definition) is 1. The minimum absolute atomic E-state index is 0.330. The van der Waals surface area contributed by atoms with E-state index in [9.17, 15) is 9.90 Å². The van der Waals surface area contributed by atoms with Crippen LogP contribution >= 0.6 is 0 Å². The van der Waals surface area contributed by atoms with Crippen molar-refractivity contribution < 1.29 is 14.6 Å². The van der Waals surface area contributed by atoms with E-state index in [1.807, 2.05) is 0 Å². The number of rotatable bonds is 4. The summed E-state index contributed by atoms with van der Waals surface area (Å²) in [5.74, 6) is 0.160. The number of aliphatic hydroxyl groups is 1. The Morgan fingerprint density at radius 3 is 2.44 bits per heavy atom. The van der Waals surface area contributed by atoms with E-state index in [1.165, 1.54) is 0 Å². The summed E-state index contributed by atoms with van der Waals surface area (Å²) in [7, 11) is 0. The van der Waals surface area contributed by atoms with Crippen LogP contribution < -0.4 is 0 Å². The molecule has 94 valence electrons. The molecule has 0 bridgehead atoms. The van der Waals surface area contributed by atoms with Gasteiger partial charge >= 0.3 is 5.97 Å². The third-order valence-corrected chi connectivity index (χ3v) is 2.96. The molecule has 16 heavy (non-hydrogen) atoms. The highest BCUT2D eigenvalue weighted by Gasteiger charge is 2.40. The van der Waals surface area contributed by atoms with Crippen LogP contribution in [0.5, 0.6) is 0 Å². The summed E-state index contributed by atoms with van der Waals surface area (Å²) in [6, 6.07) is 0. The summed E-state index contributed by atoms with van der Waals surface area (Å²) in [5, 5.41) is 10.1. The van der Waals surface area contributed by atoms with E-state index in [-0.39, 0.29) is 0 Å². The second-order valence-corrected chi connectivity index (χ2v) is 4.95. The SMILES string of the molecule is CCOC(=O)C1(O)CCN(CC(C)C)CC1. The summed E-state index contributed by atoms with van der Waals surface area (Å²) in [5.41, 5.74) is -1.25. The van der Waals surface area contributed by atoms with Gasteiger partial charge in [-0.15, -0.1) is 0 Å². The van der Waals surface area contributed by atoms with Gasteiger partial charge in [-0.3, -0.25) is 0 Å². The molecule has 4 nitrogen and oxygen atoms in total. The second-order valence-electron chi connectivity index (χ2n) is 4.95. The Labute approximate surface area is 97.6 Å². The van der Waals surface area contributed by atoms with Gasteiger partial charge in [0.15, 0.2) is 5.60 Å². The van der Waals surface area contributed by atoms with E-state index in [0.717, 1.165) is 19.6 Å². The molecule has 1 fully saturated rings. The first kappa shape index (κ1) is 13.5. The van der Waals surface area contributed by atoms with Crippen LogP contribution in [0.4, 0.5) is 0 Å². The molecule has 0 saturated carbocycles. The van der Waals surface area contributed by atoms with Gasteiger partial charge in [0.1, 0.15) is 0 Å². The molecule has 0 unspecified atom stereocenters. The van der Waals surface area contributed by atoms with Crippen LogP contribution in [0.3, 0.4) is 0 Å². The molecule has 0 aliphatic carbocycles. The number of likely N-dealkylation sites (tertiary alicyclic amines) is 1. The fraction of sp³-hybridized carbons (Fsp3) is 0.917. The lowest BCUT2D eigenvalue weighted by molar-refractivity contribution is -0.170. The molecule has 0 spiro atoms. The van der Waals surface area contributed by atoms with Gasteiger partial charge in [-0.25, -0.2) is 4.79 Å². The Morgan fingerprint density at radius 2 is 2.00 bits per heavy atom. The van der Waals surface area contributed by atoms with Crippen LogP contribution in [-0.2, 0) is 9.53 Å². The highest BCUT2D eigenvalue weighted by Crippen LogP contribution is 2.24. The maximum absolute atomic E-state index is 11.6. The largest absolute Gasteiger partial charge is 0.464 e. The van der Waals surface area contributed by atoms with Gasteiger partial charge in [0.2, 0.25) is 0 Å². The van der Waals surface area contributed by atoms with E-state index in [0.29, 0.717) is 25.4 Å². The first-order chi connectivity index (χ1) is 7.48. The van der Waals surface area contributed by atoms with E-state index in [1.54, 1.807) is 6.92 Å². The van der Waals surface area contributed by atoms with Crippen LogP contribution in [0.15, 0.2) is 0 Å². The number of carbonyl (C=O) groups is 1. The third kappa shape index (κ3) is 3.46. The highest BCUT2D eigenvalue weighted by molar-refractivity contribution is 5.79. The van der Waals surface area contributed by atoms with Crippen molar-refractivity contribution in [2.24, 2.45) is 5.92 Å². The number of carbonyl (C=O) groups excluding carboxylic acids is 1. The van der Waals surface area contributed by atoms with Crippen molar-refractivity contribution in [1.29, 1.82) is 0 Å². The van der Waals surface area contributed by atoms with Crippen molar-refractivity contribution in [1.82, 2.24) is 4.90 Å². The molecule has 1 aliphatic rings. The summed E-state index contributed by atoms with van der Waals surface area (Å²) in [6.45, 7) is 9.00. The lowest BCUT2D eigenvalue weighted by atomic mass is 9.91. The number of esters is 1. The average Bonchev–Trinajstić information content (AvgIpc) is 2.21. The predicted octanol–water partition coefficient (Wildman–Crippen LogP) is 1.03. The Kier molecular flexibility index (Phi) is 4.74. The van der Waals surface area contributed by atoms with Gasteiger partial charge in [0.25, 0.3) is 0 Å². The van der Waals surface area contributed by atoms with Crippen LogP contribution in [0.25, 0.3) is 0 Å². The minimum Gasteiger partial charge on any atom is -0.464 e. The molecule has 1 saturated heterocycles. The standard InChI is InChI=1S/C12H23NO3/c1-4-16-11(14)12(15)5-7-13(8-6-12)9-10(2)3/h10,15H,4-9H2,1-3H3. The van der Waals surface area contributed by atoms with Gasteiger partial charge in [-0.05, 0) is 25.7 Å². The molecule has 0 aromatic rings. The van der Waals surface area contributed by atoms with Crippen molar-refractivity contribution >= 4 is 5.97 Å². The van der Waals surface area contributed by atoms with Crippen LogP contribution in [0.2, 0.25) is 0 Å². The lowest BCUT2D eigenvalue weighted by Crippen LogP contribution is -2.50. The van der Waals surface area contributed by atoms with Gasteiger partial charge in [0, 0.05) is 19.6 Å². The Bertz CT molecular complexity index is 232. The van der Waals surface area contributed by atoms with Gasteiger partial charge in [-0.2, -0.15) is 0 Å². The summed E-state index contributed by atoms with van der Waals surface area (Å²) < 4.78 is 4.89. The molecule has 1 aliphatic heterocycles. The zero-order valence-corrected chi connectivity index (χ0v) is 10.5. The maximum Gasteiger partial charge on any atom is 0.338 e. The van der Waals surface area contributed by atoms with Gasteiger partial charge in [-0.1, -0.05) is 13.8 Å². The summed E-state index contributed by atoms with van der Waals surface area (Å²) in [4.78, 5) is 13.8. The van der Waals surface area contributed by atoms with E-state index < -0.39 is 11.6 Å². The molecule has 1 N–H and O–H groups in total. The predicted molar refractivity (Wildman–Crippen MR) is 62.1 cm³/mol. The average molecular weight is 229 g/mol. The zero-order chi connectivity index (χ0) is 12.2. The first-order valence-corrected chi connectivity index (χ1v) is 6.10. The smallest absolute Gasteiger partial charge is 0.338 e. The molecular formula is C12H23NO3. The lowest BCUT2D eigenvalue weighted by Gasteiger charge is -2.36. The molecule has 0 amide bonds. The second kappa shape index (κ2) is 5.64. The Morgan fingerprint density at radius 1 is 1.44 bits per heavy atom. The maximum atomic E-state index is 11.6. The fourth-order valence-corrected chi connectivity index (χ4v) is 2.09. The quantitative estimate of drug-likeness (QED) is 0.732. The molecular weight excluding hydrogens is 206 g/mol. The Balaban J connectivity index is 2.43. The summed E-state index contributed by atoms with van der Waals surface area (Å²) in [6.07, 6.45) is 0.969. The van der Waals surface area contributed by atoms with Crippen molar-refractivity contribution in [3.05, 3.63) is 0 Å². The van der Waals surface area contributed by atoms with E-state index in [2.05, 4.69) is 18.7 Å². The van der Waals surface area contributed by atoms with Crippen LogP contribution in [0, 0.1) is 5.92 Å².